The standard InChI is InChI=1S/C21H17ClOS2/c22-17-13-11-16(12-14-17)20(23)15-21(24-18-7-3-1-4-8-18)25-19-9-5-2-6-10-19/h1-14,21H,15H2. The van der Waals surface area contributed by atoms with Crippen LogP contribution in [0.5, 0.6) is 0 Å². The van der Waals surface area contributed by atoms with Gasteiger partial charge >= 0.3 is 0 Å². The summed E-state index contributed by atoms with van der Waals surface area (Å²) in [4.78, 5) is 15.0. The Labute approximate surface area is 161 Å². The van der Waals surface area contributed by atoms with Crippen molar-refractivity contribution in [1.29, 1.82) is 0 Å². The molecule has 25 heavy (non-hydrogen) atoms. The molecule has 0 radical (unpaired) electrons. The van der Waals surface area contributed by atoms with Crippen molar-refractivity contribution in [2.45, 2.75) is 20.8 Å². The van der Waals surface area contributed by atoms with E-state index in [-0.39, 0.29) is 10.4 Å². The van der Waals surface area contributed by atoms with E-state index in [1.807, 2.05) is 36.4 Å². The third kappa shape index (κ3) is 5.67. The molecule has 126 valence electrons. The van der Waals surface area contributed by atoms with Crippen LogP contribution in [0.25, 0.3) is 0 Å². The van der Waals surface area contributed by atoms with E-state index >= 15 is 0 Å². The number of ketones is 1. The molecule has 0 heterocycles. The molecule has 1 nitrogen and oxygen atoms in total. The highest BCUT2D eigenvalue weighted by Crippen LogP contribution is 2.38. The van der Waals surface area contributed by atoms with Crippen LogP contribution in [0.15, 0.2) is 94.7 Å². The Morgan fingerprint density at radius 2 is 1.24 bits per heavy atom. The third-order valence-corrected chi connectivity index (χ3v) is 6.32. The molecular formula is C21H17ClOS2. The number of rotatable bonds is 7. The van der Waals surface area contributed by atoms with Crippen LogP contribution in [0.2, 0.25) is 5.02 Å². The molecule has 4 heteroatoms. The molecule has 0 unspecified atom stereocenters. The molecule has 0 atom stereocenters. The van der Waals surface area contributed by atoms with Gasteiger partial charge in [-0.25, -0.2) is 0 Å². The fraction of sp³-hybridized carbons (Fsp3) is 0.0952. The maximum Gasteiger partial charge on any atom is 0.164 e. The Morgan fingerprint density at radius 3 is 1.72 bits per heavy atom. The van der Waals surface area contributed by atoms with Crippen molar-refractivity contribution in [2.75, 3.05) is 0 Å². The van der Waals surface area contributed by atoms with E-state index in [0.29, 0.717) is 17.0 Å². The minimum absolute atomic E-state index is 0.105. The van der Waals surface area contributed by atoms with Crippen LogP contribution in [0, 0.1) is 0 Å². The lowest BCUT2D eigenvalue weighted by atomic mass is 10.1. The predicted molar refractivity (Wildman–Crippen MR) is 109 cm³/mol. The lowest BCUT2D eigenvalue weighted by molar-refractivity contribution is 0.0987. The van der Waals surface area contributed by atoms with Gasteiger partial charge in [0.05, 0.1) is 4.58 Å². The summed E-state index contributed by atoms with van der Waals surface area (Å²) >= 11 is 9.37. The second-order valence-electron chi connectivity index (χ2n) is 5.43. The first-order valence-corrected chi connectivity index (χ1v) is 10.1. The molecule has 0 saturated carbocycles. The van der Waals surface area contributed by atoms with Crippen molar-refractivity contribution in [3.8, 4) is 0 Å². The predicted octanol–water partition coefficient (Wildman–Crippen LogP) is 6.82. The van der Waals surface area contributed by atoms with Crippen molar-refractivity contribution >= 4 is 40.9 Å². The fourth-order valence-electron chi connectivity index (χ4n) is 2.31. The van der Waals surface area contributed by atoms with Crippen molar-refractivity contribution in [3.05, 3.63) is 95.5 Å². The van der Waals surface area contributed by atoms with Gasteiger partial charge in [-0.05, 0) is 48.5 Å². The highest BCUT2D eigenvalue weighted by molar-refractivity contribution is 8.17. The summed E-state index contributed by atoms with van der Waals surface area (Å²) in [7, 11) is 0. The highest BCUT2D eigenvalue weighted by atomic mass is 35.5. The van der Waals surface area contributed by atoms with Gasteiger partial charge in [-0.2, -0.15) is 0 Å². The number of hydrogen-bond acceptors (Lipinski definition) is 3. The summed E-state index contributed by atoms with van der Waals surface area (Å²) in [5.41, 5.74) is 0.705. The first kappa shape index (κ1) is 18.1. The Morgan fingerprint density at radius 1 is 0.760 bits per heavy atom. The number of halogens is 1. The Kier molecular flexibility index (Phi) is 6.62. The van der Waals surface area contributed by atoms with Gasteiger partial charge in [-0.1, -0.05) is 48.0 Å². The summed E-state index contributed by atoms with van der Waals surface area (Å²) < 4.78 is 0.105. The molecule has 0 saturated heterocycles. The molecule has 0 N–H and O–H groups in total. The van der Waals surface area contributed by atoms with Crippen molar-refractivity contribution < 1.29 is 4.79 Å². The summed E-state index contributed by atoms with van der Waals surface area (Å²) in [6, 6.07) is 27.5. The van der Waals surface area contributed by atoms with Gasteiger partial charge in [-0.3, -0.25) is 4.79 Å². The van der Waals surface area contributed by atoms with E-state index in [4.69, 9.17) is 11.6 Å². The third-order valence-electron chi connectivity index (χ3n) is 3.54. The van der Waals surface area contributed by atoms with Crippen LogP contribution >= 0.6 is 35.1 Å². The molecule has 3 aromatic rings. The zero-order valence-corrected chi connectivity index (χ0v) is 15.9. The monoisotopic (exact) mass is 384 g/mol. The molecule has 0 aliphatic heterocycles. The van der Waals surface area contributed by atoms with Gasteiger partial charge in [0.1, 0.15) is 0 Å². The highest BCUT2D eigenvalue weighted by Gasteiger charge is 2.18. The van der Waals surface area contributed by atoms with Crippen molar-refractivity contribution in [3.63, 3.8) is 0 Å². The number of Topliss-reactive ketones (excluding diaryl/α,β-unsaturated/α-hetero) is 1. The molecule has 0 aliphatic carbocycles. The van der Waals surface area contributed by atoms with E-state index in [2.05, 4.69) is 24.3 Å². The van der Waals surface area contributed by atoms with E-state index in [1.54, 1.807) is 47.8 Å². The average molecular weight is 385 g/mol. The van der Waals surface area contributed by atoms with E-state index in [0.717, 1.165) is 0 Å². The summed E-state index contributed by atoms with van der Waals surface area (Å²) in [5.74, 6) is 0.133. The average Bonchev–Trinajstić information content (AvgIpc) is 2.64. The van der Waals surface area contributed by atoms with Gasteiger partial charge in [0.25, 0.3) is 0 Å². The van der Waals surface area contributed by atoms with Crippen LogP contribution in [0.1, 0.15) is 16.8 Å². The molecule has 0 aromatic heterocycles. The Bertz CT molecular complexity index is 763. The maximum atomic E-state index is 12.7. The Hall–Kier alpha value is -1.68. The molecule has 0 bridgehead atoms. The smallest absolute Gasteiger partial charge is 0.164 e. The second kappa shape index (κ2) is 9.14. The molecule has 0 fully saturated rings. The van der Waals surface area contributed by atoms with Gasteiger partial charge in [-0.15, -0.1) is 23.5 Å². The first-order valence-electron chi connectivity index (χ1n) is 7.93. The van der Waals surface area contributed by atoms with Crippen molar-refractivity contribution in [2.24, 2.45) is 0 Å². The normalized spacial score (nSPS) is 10.8. The molecular weight excluding hydrogens is 368 g/mol. The van der Waals surface area contributed by atoms with Gasteiger partial charge in [0, 0.05) is 26.8 Å². The van der Waals surface area contributed by atoms with Crippen LogP contribution in [0.3, 0.4) is 0 Å². The molecule has 3 aromatic carbocycles. The molecule has 0 spiro atoms. The second-order valence-corrected chi connectivity index (χ2v) is 8.71. The largest absolute Gasteiger partial charge is 0.294 e. The summed E-state index contributed by atoms with van der Waals surface area (Å²) in [6.45, 7) is 0. The van der Waals surface area contributed by atoms with Crippen molar-refractivity contribution in [1.82, 2.24) is 0 Å². The fourth-order valence-corrected chi connectivity index (χ4v) is 5.00. The van der Waals surface area contributed by atoms with E-state index in [9.17, 15) is 4.79 Å². The number of benzene rings is 3. The zero-order chi connectivity index (χ0) is 17.5. The van der Waals surface area contributed by atoms with Gasteiger partial charge < -0.3 is 0 Å². The lowest BCUT2D eigenvalue weighted by Gasteiger charge is -2.16. The van der Waals surface area contributed by atoms with Gasteiger partial charge in [0.2, 0.25) is 0 Å². The first-order chi connectivity index (χ1) is 12.2. The summed E-state index contributed by atoms with van der Waals surface area (Å²) in [5, 5.41) is 0.644. The lowest BCUT2D eigenvalue weighted by Crippen LogP contribution is -2.08. The van der Waals surface area contributed by atoms with Gasteiger partial charge in [0.15, 0.2) is 5.78 Å². The Balaban J connectivity index is 1.75. The number of carbonyl (C=O) groups excluding carboxylic acids is 1. The minimum atomic E-state index is 0.105. The quantitative estimate of drug-likeness (QED) is 0.252. The SMILES string of the molecule is O=C(CC(Sc1ccccc1)Sc1ccccc1)c1ccc(Cl)cc1. The van der Waals surface area contributed by atoms with Crippen LogP contribution in [0.4, 0.5) is 0 Å². The van der Waals surface area contributed by atoms with Crippen LogP contribution < -0.4 is 0 Å². The maximum absolute atomic E-state index is 12.7. The molecule has 3 rings (SSSR count). The van der Waals surface area contributed by atoms with E-state index < -0.39 is 0 Å². The summed E-state index contributed by atoms with van der Waals surface area (Å²) in [6.07, 6.45) is 0.459. The minimum Gasteiger partial charge on any atom is -0.294 e. The van der Waals surface area contributed by atoms with E-state index in [1.165, 1.54) is 9.79 Å². The topological polar surface area (TPSA) is 17.1 Å². The number of thioether (sulfide) groups is 2. The molecule has 0 aliphatic rings. The van der Waals surface area contributed by atoms with Crippen LogP contribution in [-0.4, -0.2) is 10.4 Å². The number of carbonyl (C=O) groups is 1. The zero-order valence-electron chi connectivity index (χ0n) is 13.5. The number of hydrogen-bond donors (Lipinski definition) is 0. The molecule has 0 amide bonds. The van der Waals surface area contributed by atoms with Crippen LogP contribution in [-0.2, 0) is 0 Å².